The Labute approximate surface area is 196 Å². The number of aryl methyl sites for hydroxylation is 1. The minimum absolute atomic E-state index is 0.0559. The summed E-state index contributed by atoms with van der Waals surface area (Å²) >= 11 is 0. The molecule has 1 saturated heterocycles. The van der Waals surface area contributed by atoms with Gasteiger partial charge in [-0.2, -0.15) is 0 Å². The fourth-order valence-corrected chi connectivity index (χ4v) is 3.99. The predicted octanol–water partition coefficient (Wildman–Crippen LogP) is 4.72. The van der Waals surface area contributed by atoms with Gasteiger partial charge in [-0.3, -0.25) is 14.6 Å². The molecule has 1 amide bonds. The lowest BCUT2D eigenvalue weighted by molar-refractivity contribution is -0.140. The van der Waals surface area contributed by atoms with Crippen molar-refractivity contribution in [1.29, 1.82) is 0 Å². The molecular formula is C27H23FN2O4. The van der Waals surface area contributed by atoms with E-state index in [9.17, 15) is 19.1 Å². The maximum atomic E-state index is 13.6. The lowest BCUT2D eigenvalue weighted by Gasteiger charge is -2.25. The van der Waals surface area contributed by atoms with Crippen LogP contribution < -0.4 is 4.74 Å². The molecule has 1 aliphatic heterocycles. The second-order valence-corrected chi connectivity index (χ2v) is 7.92. The standard InChI is InChI=1S/C27H23FN2O4/c1-3-13-34-22-11-8-20(14-17(22)2)25(31)23-24(19-6-9-21(28)10-7-19)30(27(33)26(23)32)16-18-5-4-12-29-15-18/h3-12,14-15,24,31H,1,13,16H2,2H3/t24-/m0/s1. The van der Waals surface area contributed by atoms with Gasteiger partial charge in [0, 0.05) is 24.5 Å². The number of rotatable bonds is 7. The molecule has 1 atom stereocenters. The van der Waals surface area contributed by atoms with Crippen LogP contribution >= 0.6 is 0 Å². The Morgan fingerprint density at radius 2 is 1.97 bits per heavy atom. The normalized spacial score (nSPS) is 17.1. The van der Waals surface area contributed by atoms with Crippen molar-refractivity contribution in [3.8, 4) is 5.75 Å². The zero-order valence-corrected chi connectivity index (χ0v) is 18.6. The maximum Gasteiger partial charge on any atom is 0.295 e. The third-order valence-electron chi connectivity index (χ3n) is 5.61. The van der Waals surface area contributed by atoms with Crippen molar-refractivity contribution in [2.75, 3.05) is 6.61 Å². The Balaban J connectivity index is 1.81. The van der Waals surface area contributed by atoms with Gasteiger partial charge < -0.3 is 14.7 Å². The van der Waals surface area contributed by atoms with Gasteiger partial charge in [0.05, 0.1) is 11.6 Å². The van der Waals surface area contributed by atoms with E-state index in [0.717, 1.165) is 11.1 Å². The van der Waals surface area contributed by atoms with E-state index in [1.165, 1.54) is 29.2 Å². The Morgan fingerprint density at radius 1 is 1.21 bits per heavy atom. The molecule has 2 heterocycles. The van der Waals surface area contributed by atoms with Gasteiger partial charge in [-0.1, -0.05) is 30.9 Å². The van der Waals surface area contributed by atoms with E-state index in [0.29, 0.717) is 23.5 Å². The van der Waals surface area contributed by atoms with Crippen LogP contribution in [0.25, 0.3) is 5.76 Å². The average molecular weight is 458 g/mol. The number of ketones is 1. The molecule has 0 saturated carbocycles. The summed E-state index contributed by atoms with van der Waals surface area (Å²) in [6.07, 6.45) is 4.84. The number of hydrogen-bond donors (Lipinski definition) is 1. The molecule has 34 heavy (non-hydrogen) atoms. The number of carbonyl (C=O) groups excluding carboxylic acids is 2. The summed E-state index contributed by atoms with van der Waals surface area (Å²) < 4.78 is 19.2. The van der Waals surface area contributed by atoms with Crippen molar-refractivity contribution in [3.05, 3.63) is 113 Å². The number of likely N-dealkylation sites (tertiary alicyclic amines) is 1. The van der Waals surface area contributed by atoms with Crippen LogP contribution in [0.4, 0.5) is 4.39 Å². The Kier molecular flexibility index (Phi) is 6.54. The lowest BCUT2D eigenvalue weighted by Crippen LogP contribution is -2.29. The van der Waals surface area contributed by atoms with Crippen LogP contribution in [0.5, 0.6) is 5.75 Å². The van der Waals surface area contributed by atoms with E-state index in [4.69, 9.17) is 4.74 Å². The van der Waals surface area contributed by atoms with Gasteiger partial charge in [0.15, 0.2) is 0 Å². The highest BCUT2D eigenvalue weighted by Gasteiger charge is 2.46. The summed E-state index contributed by atoms with van der Waals surface area (Å²) in [7, 11) is 0. The first kappa shape index (κ1) is 22.9. The second-order valence-electron chi connectivity index (χ2n) is 7.92. The summed E-state index contributed by atoms with van der Waals surface area (Å²) in [5, 5.41) is 11.2. The fraction of sp³-hybridized carbons (Fsp3) is 0.148. The molecule has 0 aliphatic carbocycles. The van der Waals surface area contributed by atoms with Crippen LogP contribution in [-0.4, -0.2) is 33.3 Å². The minimum atomic E-state index is -0.891. The van der Waals surface area contributed by atoms with Crippen LogP contribution in [0.3, 0.4) is 0 Å². The molecule has 0 spiro atoms. The third kappa shape index (κ3) is 4.45. The molecule has 7 heteroatoms. The number of hydrogen-bond acceptors (Lipinski definition) is 5. The van der Waals surface area contributed by atoms with E-state index in [1.54, 1.807) is 48.8 Å². The summed E-state index contributed by atoms with van der Waals surface area (Å²) in [6, 6.07) is 13.2. The second kappa shape index (κ2) is 9.70. The number of ether oxygens (including phenoxy) is 1. The first-order chi connectivity index (χ1) is 16.4. The van der Waals surface area contributed by atoms with Crippen LogP contribution in [0.15, 0.2) is 85.2 Å². The Bertz CT molecular complexity index is 1270. The number of nitrogens with zero attached hydrogens (tertiary/aromatic N) is 2. The van der Waals surface area contributed by atoms with Gasteiger partial charge in [0.1, 0.15) is 23.9 Å². The van der Waals surface area contributed by atoms with Crippen molar-refractivity contribution >= 4 is 17.4 Å². The number of aromatic nitrogens is 1. The largest absolute Gasteiger partial charge is 0.507 e. The molecule has 1 N–H and O–H groups in total. The summed E-state index contributed by atoms with van der Waals surface area (Å²) in [5.74, 6) is -1.69. The number of amides is 1. The Hall–Kier alpha value is -4.26. The predicted molar refractivity (Wildman–Crippen MR) is 125 cm³/mol. The Morgan fingerprint density at radius 3 is 2.62 bits per heavy atom. The minimum Gasteiger partial charge on any atom is -0.507 e. The molecule has 6 nitrogen and oxygen atoms in total. The highest BCUT2D eigenvalue weighted by Crippen LogP contribution is 2.40. The van der Waals surface area contributed by atoms with Gasteiger partial charge >= 0.3 is 0 Å². The number of aliphatic hydroxyl groups is 1. The van der Waals surface area contributed by atoms with E-state index in [1.807, 2.05) is 6.92 Å². The van der Waals surface area contributed by atoms with Gasteiger partial charge in [-0.25, -0.2) is 4.39 Å². The SMILES string of the molecule is C=CCOc1ccc(C(O)=C2C(=O)C(=O)N(Cc3cccnc3)[C@H]2c2ccc(F)cc2)cc1C. The summed E-state index contributed by atoms with van der Waals surface area (Å²) in [6.45, 7) is 5.87. The average Bonchev–Trinajstić information content (AvgIpc) is 3.09. The molecule has 0 radical (unpaired) electrons. The smallest absolute Gasteiger partial charge is 0.295 e. The number of aliphatic hydroxyl groups excluding tert-OH is 1. The van der Waals surface area contributed by atoms with Gasteiger partial charge in [-0.15, -0.1) is 0 Å². The van der Waals surface area contributed by atoms with Crippen LogP contribution in [0, 0.1) is 12.7 Å². The number of carbonyl (C=O) groups is 2. The molecular weight excluding hydrogens is 435 g/mol. The molecule has 172 valence electrons. The molecule has 2 aromatic carbocycles. The maximum absolute atomic E-state index is 13.6. The highest BCUT2D eigenvalue weighted by molar-refractivity contribution is 6.46. The molecule has 0 unspecified atom stereocenters. The topological polar surface area (TPSA) is 79.7 Å². The zero-order valence-electron chi connectivity index (χ0n) is 18.6. The zero-order chi connectivity index (χ0) is 24.2. The van der Waals surface area contributed by atoms with E-state index in [2.05, 4.69) is 11.6 Å². The van der Waals surface area contributed by atoms with Crippen molar-refractivity contribution in [2.45, 2.75) is 19.5 Å². The van der Waals surface area contributed by atoms with Crippen molar-refractivity contribution in [3.63, 3.8) is 0 Å². The van der Waals surface area contributed by atoms with Crippen molar-refractivity contribution < 1.29 is 23.8 Å². The quantitative estimate of drug-likeness (QED) is 0.240. The van der Waals surface area contributed by atoms with Crippen LogP contribution in [-0.2, 0) is 16.1 Å². The van der Waals surface area contributed by atoms with Crippen molar-refractivity contribution in [2.24, 2.45) is 0 Å². The number of halogens is 1. The van der Waals surface area contributed by atoms with Gasteiger partial charge in [0.2, 0.25) is 0 Å². The summed E-state index contributed by atoms with van der Waals surface area (Å²) in [5.41, 5.74) is 2.29. The van der Waals surface area contributed by atoms with Crippen LogP contribution in [0.1, 0.15) is 28.3 Å². The first-order valence-corrected chi connectivity index (χ1v) is 10.7. The lowest BCUT2D eigenvalue weighted by atomic mass is 9.94. The van der Waals surface area contributed by atoms with Gasteiger partial charge in [0.25, 0.3) is 11.7 Å². The molecule has 1 fully saturated rings. The fourth-order valence-electron chi connectivity index (χ4n) is 3.99. The monoisotopic (exact) mass is 458 g/mol. The summed E-state index contributed by atoms with van der Waals surface area (Å²) in [4.78, 5) is 31.6. The van der Waals surface area contributed by atoms with E-state index in [-0.39, 0.29) is 17.9 Å². The molecule has 4 rings (SSSR count). The molecule has 3 aromatic rings. The molecule has 1 aromatic heterocycles. The molecule has 1 aliphatic rings. The number of pyridine rings is 1. The first-order valence-electron chi connectivity index (χ1n) is 10.7. The number of Topliss-reactive ketones (excluding diaryl/α,β-unsaturated/α-hetero) is 1. The van der Waals surface area contributed by atoms with E-state index < -0.39 is 23.5 Å². The van der Waals surface area contributed by atoms with Crippen LogP contribution in [0.2, 0.25) is 0 Å². The molecule has 0 bridgehead atoms. The number of benzene rings is 2. The van der Waals surface area contributed by atoms with E-state index >= 15 is 0 Å². The highest BCUT2D eigenvalue weighted by atomic mass is 19.1. The van der Waals surface area contributed by atoms with Crippen molar-refractivity contribution in [1.82, 2.24) is 9.88 Å². The third-order valence-corrected chi connectivity index (χ3v) is 5.61. The van der Waals surface area contributed by atoms with Gasteiger partial charge in [-0.05, 0) is 60.0 Å².